The van der Waals surface area contributed by atoms with Crippen molar-refractivity contribution in [3.8, 4) is 6.07 Å². The lowest BCUT2D eigenvalue weighted by Gasteiger charge is -2.35. The van der Waals surface area contributed by atoms with Gasteiger partial charge in [0.25, 0.3) is 0 Å². The van der Waals surface area contributed by atoms with Gasteiger partial charge >= 0.3 is 6.03 Å². The fourth-order valence-electron chi connectivity index (χ4n) is 3.70. The predicted molar refractivity (Wildman–Crippen MR) is 108 cm³/mol. The number of nitrogens with zero attached hydrogens (tertiary/aromatic N) is 5. The Bertz CT molecular complexity index is 826. The molecule has 0 bridgehead atoms. The average Bonchev–Trinajstić information content (AvgIpc) is 2.75. The lowest BCUT2D eigenvalue weighted by atomic mass is 10.0. The summed E-state index contributed by atoms with van der Waals surface area (Å²) in [6, 6.07) is 9.71. The number of nitrogens with one attached hydrogen (secondary N) is 1. The summed E-state index contributed by atoms with van der Waals surface area (Å²) in [6.45, 7) is 3.60. The Hall–Kier alpha value is -3.14. The normalized spacial score (nSPS) is 15.5. The van der Waals surface area contributed by atoms with Crippen molar-refractivity contribution < 1.29 is 4.79 Å². The third-order valence-corrected chi connectivity index (χ3v) is 5.27. The molecule has 3 rings (SSSR count). The number of piperidine rings is 1. The van der Waals surface area contributed by atoms with E-state index in [4.69, 9.17) is 0 Å². The second-order valence-electron chi connectivity index (χ2n) is 7.02. The number of hydrogen-bond acceptors (Lipinski definition) is 5. The smallest absolute Gasteiger partial charge is 0.317 e. The summed E-state index contributed by atoms with van der Waals surface area (Å²) >= 11 is 0. The molecule has 1 aliphatic heterocycles. The van der Waals surface area contributed by atoms with Crippen LogP contribution in [-0.4, -0.2) is 47.1 Å². The Labute approximate surface area is 166 Å². The van der Waals surface area contributed by atoms with Gasteiger partial charge in [-0.2, -0.15) is 5.26 Å². The molecule has 1 aliphatic rings. The van der Waals surface area contributed by atoms with Crippen LogP contribution in [0.15, 0.2) is 42.9 Å². The minimum absolute atomic E-state index is 0.000458. The Morgan fingerprint density at radius 1 is 1.36 bits per heavy atom. The first-order chi connectivity index (χ1) is 13.6. The molecule has 1 fully saturated rings. The quantitative estimate of drug-likeness (QED) is 0.864. The van der Waals surface area contributed by atoms with E-state index < -0.39 is 0 Å². The van der Waals surface area contributed by atoms with Gasteiger partial charge in [0.1, 0.15) is 11.9 Å². The van der Waals surface area contributed by atoms with Crippen LogP contribution in [0.25, 0.3) is 0 Å². The fraction of sp³-hybridized carbons (Fsp3) is 0.429. The van der Waals surface area contributed by atoms with Gasteiger partial charge in [0.15, 0.2) is 0 Å². The zero-order valence-electron chi connectivity index (χ0n) is 16.4. The number of urea groups is 1. The molecule has 0 unspecified atom stereocenters. The maximum Gasteiger partial charge on any atom is 0.317 e. The second-order valence-corrected chi connectivity index (χ2v) is 7.02. The first-order valence-electron chi connectivity index (χ1n) is 9.67. The number of carbonyl (C=O) groups excluding carboxylic acids is 1. The summed E-state index contributed by atoms with van der Waals surface area (Å²) < 4.78 is 0. The van der Waals surface area contributed by atoms with E-state index in [-0.39, 0.29) is 18.1 Å². The van der Waals surface area contributed by atoms with Crippen molar-refractivity contribution in [3.05, 3.63) is 54.0 Å². The molecule has 28 heavy (non-hydrogen) atoms. The van der Waals surface area contributed by atoms with Crippen LogP contribution < -0.4 is 10.2 Å². The van der Waals surface area contributed by atoms with Crippen molar-refractivity contribution in [2.45, 2.75) is 38.3 Å². The summed E-state index contributed by atoms with van der Waals surface area (Å²) in [6.07, 6.45) is 7.74. The highest BCUT2D eigenvalue weighted by Gasteiger charge is 2.26. The maximum absolute atomic E-state index is 12.8. The van der Waals surface area contributed by atoms with Crippen LogP contribution in [0.5, 0.6) is 0 Å². The number of aromatic nitrogens is 2. The van der Waals surface area contributed by atoms with E-state index in [1.54, 1.807) is 29.4 Å². The lowest BCUT2D eigenvalue weighted by Crippen LogP contribution is -2.49. The molecule has 146 valence electrons. The van der Waals surface area contributed by atoms with Gasteiger partial charge in [0, 0.05) is 44.8 Å². The van der Waals surface area contributed by atoms with Crippen LogP contribution in [0, 0.1) is 11.3 Å². The molecule has 0 radical (unpaired) electrons. The Balaban J connectivity index is 1.57. The largest absolute Gasteiger partial charge is 0.355 e. The van der Waals surface area contributed by atoms with Crippen molar-refractivity contribution in [2.75, 3.05) is 25.0 Å². The van der Waals surface area contributed by atoms with Gasteiger partial charge < -0.3 is 15.1 Å². The summed E-state index contributed by atoms with van der Waals surface area (Å²) in [5, 5.41) is 12.4. The Kier molecular flexibility index (Phi) is 6.43. The average molecular weight is 378 g/mol. The molecule has 1 saturated heterocycles. The van der Waals surface area contributed by atoms with Gasteiger partial charge in [-0.15, -0.1) is 0 Å². The van der Waals surface area contributed by atoms with E-state index >= 15 is 0 Å². The number of anilines is 1. The van der Waals surface area contributed by atoms with Gasteiger partial charge in [-0.25, -0.2) is 9.78 Å². The zero-order chi connectivity index (χ0) is 19.9. The van der Waals surface area contributed by atoms with E-state index in [1.165, 1.54) is 0 Å². The lowest BCUT2D eigenvalue weighted by molar-refractivity contribution is 0.182. The van der Waals surface area contributed by atoms with Crippen molar-refractivity contribution >= 4 is 11.8 Å². The van der Waals surface area contributed by atoms with Crippen LogP contribution in [0.4, 0.5) is 10.6 Å². The Morgan fingerprint density at radius 2 is 2.11 bits per heavy atom. The molecule has 7 nitrogen and oxygen atoms in total. The van der Waals surface area contributed by atoms with E-state index in [1.807, 2.05) is 25.4 Å². The van der Waals surface area contributed by atoms with E-state index in [0.717, 1.165) is 43.7 Å². The number of amides is 2. The molecule has 2 amide bonds. The molecule has 2 aromatic rings. The van der Waals surface area contributed by atoms with Gasteiger partial charge in [0.05, 0.1) is 11.6 Å². The number of pyridine rings is 2. The molecular weight excluding hydrogens is 352 g/mol. The maximum atomic E-state index is 12.8. The van der Waals surface area contributed by atoms with E-state index in [0.29, 0.717) is 5.56 Å². The van der Waals surface area contributed by atoms with Crippen LogP contribution in [-0.2, 0) is 0 Å². The molecule has 7 heteroatoms. The third kappa shape index (κ3) is 4.39. The molecule has 3 heterocycles. The fourth-order valence-corrected chi connectivity index (χ4v) is 3.70. The number of carbonyl (C=O) groups is 1. The molecule has 0 aromatic carbocycles. The number of hydrogen-bond donors (Lipinski definition) is 1. The molecule has 0 saturated carbocycles. The van der Waals surface area contributed by atoms with Crippen molar-refractivity contribution in [2.24, 2.45) is 0 Å². The molecular formula is C21H26N6O. The molecule has 2 aromatic heterocycles. The first-order valence-corrected chi connectivity index (χ1v) is 9.67. The van der Waals surface area contributed by atoms with E-state index in [2.05, 4.69) is 33.2 Å². The highest BCUT2D eigenvalue weighted by molar-refractivity contribution is 5.74. The minimum Gasteiger partial charge on any atom is -0.355 e. The predicted octanol–water partition coefficient (Wildman–Crippen LogP) is 3.11. The summed E-state index contributed by atoms with van der Waals surface area (Å²) in [7, 11) is 1.83. The van der Waals surface area contributed by atoms with Crippen LogP contribution in [0.1, 0.15) is 43.4 Å². The van der Waals surface area contributed by atoms with Gasteiger partial charge in [-0.05, 0) is 43.0 Å². The summed E-state index contributed by atoms with van der Waals surface area (Å²) in [5.74, 6) is 0.731. The molecule has 0 spiro atoms. The number of nitriles is 1. The summed E-state index contributed by atoms with van der Waals surface area (Å²) in [4.78, 5) is 25.2. The van der Waals surface area contributed by atoms with Gasteiger partial charge in [-0.3, -0.25) is 4.98 Å². The molecule has 1 atom stereocenters. The highest BCUT2D eigenvalue weighted by Crippen LogP contribution is 2.24. The first kappa shape index (κ1) is 19.6. The molecule has 1 N–H and O–H groups in total. The van der Waals surface area contributed by atoms with Crippen molar-refractivity contribution in [1.29, 1.82) is 5.26 Å². The van der Waals surface area contributed by atoms with E-state index in [9.17, 15) is 10.1 Å². The topological polar surface area (TPSA) is 85.2 Å². The van der Waals surface area contributed by atoms with Crippen molar-refractivity contribution in [3.63, 3.8) is 0 Å². The molecule has 0 aliphatic carbocycles. The standard InChI is InChI=1S/C21H26N6O/c1-3-19(17-7-4-10-23-15-17)26(2)21(28)25-18-8-12-27(13-9-18)20-16(14-22)6-5-11-24-20/h4-7,10-11,15,18-19H,3,8-9,12-13H2,1-2H3,(H,25,28)/t19-/m1/s1. The monoisotopic (exact) mass is 378 g/mol. The SMILES string of the molecule is CC[C@H](c1cccnc1)N(C)C(=O)NC1CCN(c2ncccc2C#N)CC1. The minimum atomic E-state index is -0.0651. The van der Waals surface area contributed by atoms with Crippen LogP contribution in [0.2, 0.25) is 0 Å². The third-order valence-electron chi connectivity index (χ3n) is 5.27. The highest BCUT2D eigenvalue weighted by atomic mass is 16.2. The number of rotatable bonds is 5. The summed E-state index contributed by atoms with van der Waals surface area (Å²) in [5.41, 5.74) is 1.63. The van der Waals surface area contributed by atoms with Crippen LogP contribution >= 0.6 is 0 Å². The van der Waals surface area contributed by atoms with Crippen LogP contribution in [0.3, 0.4) is 0 Å². The van der Waals surface area contributed by atoms with Crippen molar-refractivity contribution in [1.82, 2.24) is 20.2 Å². The Morgan fingerprint density at radius 3 is 2.75 bits per heavy atom. The second kappa shape index (κ2) is 9.18. The van der Waals surface area contributed by atoms with Gasteiger partial charge in [-0.1, -0.05) is 13.0 Å². The van der Waals surface area contributed by atoms with Gasteiger partial charge in [0.2, 0.25) is 0 Å². The zero-order valence-corrected chi connectivity index (χ0v) is 16.4.